The molecule has 1 heterocycles. The lowest BCUT2D eigenvalue weighted by atomic mass is 10.1. The average Bonchev–Trinajstić information content (AvgIpc) is 2.75. The van der Waals surface area contributed by atoms with Gasteiger partial charge < -0.3 is 10.1 Å². The van der Waals surface area contributed by atoms with Gasteiger partial charge in [-0.2, -0.15) is 10.5 Å². The van der Waals surface area contributed by atoms with Gasteiger partial charge in [0.25, 0.3) is 0 Å². The maximum absolute atomic E-state index is 8.97. The predicted molar refractivity (Wildman–Crippen MR) is 72.5 cm³/mol. The Morgan fingerprint density at radius 1 is 1.32 bits per heavy atom. The van der Waals surface area contributed by atoms with Gasteiger partial charge in [0.2, 0.25) is 0 Å². The van der Waals surface area contributed by atoms with Crippen molar-refractivity contribution < 1.29 is 4.74 Å². The molecule has 1 aromatic carbocycles. The number of nitriles is 2. The summed E-state index contributed by atoms with van der Waals surface area (Å²) in [7, 11) is 0. The van der Waals surface area contributed by atoms with E-state index in [2.05, 4.69) is 19.2 Å². The second-order valence-electron chi connectivity index (χ2n) is 5.40. The summed E-state index contributed by atoms with van der Waals surface area (Å²) in [5.74, 6) is 0. The Morgan fingerprint density at radius 2 is 2.05 bits per heavy atom. The lowest BCUT2D eigenvalue weighted by molar-refractivity contribution is -0.00910. The molecule has 0 radical (unpaired) electrons. The Hall–Kier alpha value is -2.04. The summed E-state index contributed by atoms with van der Waals surface area (Å²) >= 11 is 0. The highest BCUT2D eigenvalue weighted by Crippen LogP contribution is 2.29. The Labute approximate surface area is 113 Å². The van der Waals surface area contributed by atoms with Crippen LogP contribution in [0.2, 0.25) is 0 Å². The van der Waals surface area contributed by atoms with Gasteiger partial charge in [-0.1, -0.05) is 0 Å². The van der Waals surface area contributed by atoms with Gasteiger partial charge in [-0.3, -0.25) is 0 Å². The number of rotatable bonds is 3. The fourth-order valence-corrected chi connectivity index (χ4v) is 2.30. The van der Waals surface area contributed by atoms with E-state index in [9.17, 15) is 0 Å². The van der Waals surface area contributed by atoms with Crippen LogP contribution in [0.5, 0.6) is 0 Å². The summed E-state index contributed by atoms with van der Waals surface area (Å²) in [4.78, 5) is 0. The van der Waals surface area contributed by atoms with Crippen LogP contribution in [0.15, 0.2) is 18.2 Å². The third kappa shape index (κ3) is 3.24. The molecule has 0 aliphatic carbocycles. The molecule has 1 aliphatic heterocycles. The van der Waals surface area contributed by atoms with Crippen LogP contribution in [-0.4, -0.2) is 18.2 Å². The van der Waals surface area contributed by atoms with Crippen molar-refractivity contribution in [2.45, 2.75) is 38.4 Å². The molecular weight excluding hydrogens is 238 g/mol. The van der Waals surface area contributed by atoms with E-state index in [1.54, 1.807) is 12.1 Å². The molecule has 0 amide bonds. The third-order valence-electron chi connectivity index (χ3n) is 3.35. The second kappa shape index (κ2) is 5.30. The molecule has 1 N–H and O–H groups in total. The molecule has 1 fully saturated rings. The van der Waals surface area contributed by atoms with Crippen molar-refractivity contribution in [1.82, 2.24) is 0 Å². The van der Waals surface area contributed by atoms with Crippen molar-refractivity contribution in [2.75, 3.05) is 11.9 Å². The first kappa shape index (κ1) is 13.4. The standard InChI is InChI=1S/C15H17N3O/c1-15(2)6-5-14(19-15)10-18-13-4-3-11(8-16)12(7-13)9-17/h3-4,7,14,18H,5-6,10H2,1-2H3. The van der Waals surface area contributed by atoms with Crippen molar-refractivity contribution in [3.8, 4) is 12.1 Å². The molecule has 0 spiro atoms. The van der Waals surface area contributed by atoms with Crippen molar-refractivity contribution >= 4 is 5.69 Å². The monoisotopic (exact) mass is 255 g/mol. The Bertz CT molecular complexity index is 551. The van der Waals surface area contributed by atoms with E-state index in [0.29, 0.717) is 11.1 Å². The number of benzene rings is 1. The zero-order valence-corrected chi connectivity index (χ0v) is 11.2. The summed E-state index contributed by atoms with van der Waals surface area (Å²) in [5.41, 5.74) is 1.63. The summed E-state index contributed by atoms with van der Waals surface area (Å²) < 4.78 is 5.89. The van der Waals surface area contributed by atoms with Gasteiger partial charge in [-0.05, 0) is 44.9 Å². The number of nitrogens with zero attached hydrogens (tertiary/aromatic N) is 2. The molecule has 1 aliphatic rings. The van der Waals surface area contributed by atoms with E-state index in [1.807, 2.05) is 18.2 Å². The van der Waals surface area contributed by atoms with E-state index in [-0.39, 0.29) is 11.7 Å². The number of hydrogen-bond acceptors (Lipinski definition) is 4. The molecule has 98 valence electrons. The molecule has 0 saturated carbocycles. The van der Waals surface area contributed by atoms with Crippen LogP contribution in [0.3, 0.4) is 0 Å². The lowest BCUT2D eigenvalue weighted by Gasteiger charge is -2.19. The quantitative estimate of drug-likeness (QED) is 0.901. The van der Waals surface area contributed by atoms with Gasteiger partial charge in [-0.15, -0.1) is 0 Å². The van der Waals surface area contributed by atoms with Gasteiger partial charge in [0, 0.05) is 12.2 Å². The van der Waals surface area contributed by atoms with Gasteiger partial charge in [0.15, 0.2) is 0 Å². The molecule has 1 aromatic rings. The molecule has 0 aromatic heterocycles. The highest BCUT2D eigenvalue weighted by Gasteiger charge is 2.31. The summed E-state index contributed by atoms with van der Waals surface area (Å²) in [6, 6.07) is 9.23. The van der Waals surface area contributed by atoms with E-state index in [4.69, 9.17) is 15.3 Å². The number of nitrogens with one attached hydrogen (secondary N) is 1. The van der Waals surface area contributed by atoms with Gasteiger partial charge in [0.1, 0.15) is 12.1 Å². The summed E-state index contributed by atoms with van der Waals surface area (Å²) in [6.45, 7) is 4.92. The van der Waals surface area contributed by atoms with Crippen LogP contribution in [0, 0.1) is 22.7 Å². The SMILES string of the molecule is CC1(C)CCC(CNc2ccc(C#N)c(C#N)c2)O1. The van der Waals surface area contributed by atoms with Crippen LogP contribution in [0.1, 0.15) is 37.8 Å². The van der Waals surface area contributed by atoms with Crippen molar-refractivity contribution in [2.24, 2.45) is 0 Å². The van der Waals surface area contributed by atoms with Crippen LogP contribution < -0.4 is 5.32 Å². The first-order chi connectivity index (χ1) is 9.04. The van der Waals surface area contributed by atoms with Gasteiger partial charge in [-0.25, -0.2) is 0 Å². The molecule has 4 heteroatoms. The van der Waals surface area contributed by atoms with Gasteiger partial charge >= 0.3 is 0 Å². The average molecular weight is 255 g/mol. The molecule has 1 unspecified atom stereocenters. The molecule has 1 atom stereocenters. The van der Waals surface area contributed by atoms with Crippen LogP contribution in [-0.2, 0) is 4.74 Å². The summed E-state index contributed by atoms with van der Waals surface area (Å²) in [5, 5.41) is 21.1. The molecule has 2 rings (SSSR count). The zero-order chi connectivity index (χ0) is 13.9. The minimum Gasteiger partial charge on any atom is -0.382 e. The maximum atomic E-state index is 8.97. The molecule has 0 bridgehead atoms. The topological polar surface area (TPSA) is 68.8 Å². The van der Waals surface area contributed by atoms with E-state index < -0.39 is 0 Å². The molecule has 1 saturated heterocycles. The van der Waals surface area contributed by atoms with Crippen LogP contribution in [0.4, 0.5) is 5.69 Å². The lowest BCUT2D eigenvalue weighted by Crippen LogP contribution is -2.24. The highest BCUT2D eigenvalue weighted by atomic mass is 16.5. The minimum atomic E-state index is -0.0329. The highest BCUT2D eigenvalue weighted by molar-refractivity contribution is 5.56. The fourth-order valence-electron chi connectivity index (χ4n) is 2.30. The van der Waals surface area contributed by atoms with Gasteiger partial charge in [0.05, 0.1) is 22.8 Å². The maximum Gasteiger partial charge on any atom is 0.101 e. The number of hydrogen-bond donors (Lipinski definition) is 1. The number of ether oxygens (including phenoxy) is 1. The zero-order valence-electron chi connectivity index (χ0n) is 11.2. The third-order valence-corrected chi connectivity index (χ3v) is 3.35. The normalized spacial score (nSPS) is 20.5. The van der Waals surface area contributed by atoms with Crippen LogP contribution >= 0.6 is 0 Å². The van der Waals surface area contributed by atoms with Crippen molar-refractivity contribution in [1.29, 1.82) is 10.5 Å². The first-order valence-corrected chi connectivity index (χ1v) is 6.40. The second-order valence-corrected chi connectivity index (χ2v) is 5.40. The van der Waals surface area contributed by atoms with Crippen molar-refractivity contribution in [3.05, 3.63) is 29.3 Å². The van der Waals surface area contributed by atoms with E-state index in [1.165, 1.54) is 0 Å². The first-order valence-electron chi connectivity index (χ1n) is 6.40. The minimum absolute atomic E-state index is 0.0329. The fraction of sp³-hybridized carbons (Fsp3) is 0.467. The molecular formula is C15H17N3O. The Kier molecular flexibility index (Phi) is 3.74. The Morgan fingerprint density at radius 3 is 2.63 bits per heavy atom. The van der Waals surface area contributed by atoms with E-state index in [0.717, 1.165) is 25.1 Å². The molecule has 19 heavy (non-hydrogen) atoms. The van der Waals surface area contributed by atoms with E-state index >= 15 is 0 Å². The molecule has 4 nitrogen and oxygen atoms in total. The Balaban J connectivity index is 1.98. The number of anilines is 1. The van der Waals surface area contributed by atoms with Crippen molar-refractivity contribution in [3.63, 3.8) is 0 Å². The predicted octanol–water partition coefficient (Wildman–Crippen LogP) is 2.80. The largest absolute Gasteiger partial charge is 0.382 e. The smallest absolute Gasteiger partial charge is 0.101 e. The van der Waals surface area contributed by atoms with Crippen LogP contribution in [0.25, 0.3) is 0 Å². The summed E-state index contributed by atoms with van der Waals surface area (Å²) in [6.07, 6.45) is 2.31.